The average molecular weight is 280 g/mol. The van der Waals surface area contributed by atoms with E-state index in [1.54, 1.807) is 0 Å². The first kappa shape index (κ1) is 13.1. The lowest BCUT2D eigenvalue weighted by Crippen LogP contribution is -2.26. The summed E-state index contributed by atoms with van der Waals surface area (Å²) in [5, 5.41) is 2.65. The van der Waals surface area contributed by atoms with Crippen LogP contribution in [0.2, 0.25) is 0 Å². The van der Waals surface area contributed by atoms with Crippen LogP contribution >= 0.6 is 22.9 Å². The second-order valence-corrected chi connectivity index (χ2v) is 5.81. The molecule has 18 heavy (non-hydrogen) atoms. The molecule has 1 N–H and O–H groups in total. The Morgan fingerprint density at radius 1 is 1.28 bits per heavy atom. The van der Waals surface area contributed by atoms with E-state index in [1.165, 1.54) is 11.3 Å². The zero-order valence-electron chi connectivity index (χ0n) is 10.0. The number of nitrogens with one attached hydrogen (secondary N) is 1. The third-order valence-corrected chi connectivity index (χ3v) is 3.97. The molecule has 0 fully saturated rings. The van der Waals surface area contributed by atoms with Crippen LogP contribution in [0.5, 0.6) is 0 Å². The minimum absolute atomic E-state index is 0.0605. The van der Waals surface area contributed by atoms with E-state index >= 15 is 0 Å². The van der Waals surface area contributed by atoms with Crippen LogP contribution in [0.4, 0.5) is 0 Å². The van der Waals surface area contributed by atoms with Gasteiger partial charge in [-0.05, 0) is 24.6 Å². The van der Waals surface area contributed by atoms with Crippen LogP contribution in [-0.2, 0) is 0 Å². The van der Waals surface area contributed by atoms with E-state index in [0.29, 0.717) is 6.54 Å². The quantitative estimate of drug-likeness (QED) is 0.848. The number of amides is 1. The Balaban J connectivity index is 1.90. The first-order chi connectivity index (χ1) is 8.66. The molecule has 0 saturated carbocycles. The molecule has 1 amide bonds. The first-order valence-electron chi connectivity index (χ1n) is 5.70. The molecule has 1 aromatic heterocycles. The molecule has 0 radical (unpaired) electrons. The molecular weight excluding hydrogens is 266 g/mol. The Hall–Kier alpha value is -1.32. The molecule has 0 aliphatic carbocycles. The summed E-state index contributed by atoms with van der Waals surface area (Å²) in [5.41, 5.74) is 1.02. The number of thiophene rings is 1. The van der Waals surface area contributed by atoms with Crippen molar-refractivity contribution in [3.8, 4) is 0 Å². The van der Waals surface area contributed by atoms with Gasteiger partial charge in [-0.25, -0.2) is 0 Å². The van der Waals surface area contributed by atoms with Crippen LogP contribution < -0.4 is 5.32 Å². The molecule has 1 atom stereocenters. The largest absolute Gasteiger partial charge is 0.350 e. The predicted octanol–water partition coefficient (Wildman–Crippen LogP) is 3.77. The van der Waals surface area contributed by atoms with E-state index in [4.69, 9.17) is 11.6 Å². The molecule has 2 nitrogen and oxygen atoms in total. The molecule has 0 bridgehead atoms. The second kappa shape index (κ2) is 6.03. The number of halogens is 1. The highest BCUT2D eigenvalue weighted by molar-refractivity contribution is 7.13. The third kappa shape index (κ3) is 3.34. The fourth-order valence-corrected chi connectivity index (χ4v) is 2.61. The first-order valence-corrected chi connectivity index (χ1v) is 6.96. The number of hydrogen-bond acceptors (Lipinski definition) is 2. The van der Waals surface area contributed by atoms with Crippen LogP contribution in [0.25, 0.3) is 0 Å². The molecule has 1 unspecified atom stereocenters. The summed E-state index contributed by atoms with van der Waals surface area (Å²) in [6.45, 7) is 2.41. The van der Waals surface area contributed by atoms with Crippen molar-refractivity contribution in [1.82, 2.24) is 5.32 Å². The number of aryl methyl sites for hydroxylation is 1. The van der Waals surface area contributed by atoms with Gasteiger partial charge in [0.15, 0.2) is 0 Å². The lowest BCUT2D eigenvalue weighted by Gasteiger charge is -2.10. The number of alkyl halides is 1. The standard InChI is InChI=1S/C14H14ClNOS/c1-10-7-8-13(18-10)14(17)16-9-12(15)11-5-3-2-4-6-11/h2-8,12H,9H2,1H3,(H,16,17). The predicted molar refractivity (Wildman–Crippen MR) is 76.4 cm³/mol. The minimum Gasteiger partial charge on any atom is -0.350 e. The van der Waals surface area contributed by atoms with Crippen molar-refractivity contribution >= 4 is 28.8 Å². The topological polar surface area (TPSA) is 29.1 Å². The molecule has 1 heterocycles. The summed E-state index contributed by atoms with van der Waals surface area (Å²) in [5.74, 6) is -0.0605. The van der Waals surface area contributed by atoms with Gasteiger partial charge in [0, 0.05) is 11.4 Å². The van der Waals surface area contributed by atoms with Crippen LogP contribution in [0, 0.1) is 6.92 Å². The lowest BCUT2D eigenvalue weighted by molar-refractivity contribution is 0.0957. The SMILES string of the molecule is Cc1ccc(C(=O)NCC(Cl)c2ccccc2)s1. The maximum Gasteiger partial charge on any atom is 0.261 e. The Labute approximate surface area is 116 Å². The van der Waals surface area contributed by atoms with E-state index in [9.17, 15) is 4.79 Å². The zero-order valence-corrected chi connectivity index (χ0v) is 11.6. The van der Waals surface area contributed by atoms with Crippen molar-refractivity contribution in [2.24, 2.45) is 0 Å². The molecular formula is C14H14ClNOS. The van der Waals surface area contributed by atoms with Gasteiger partial charge in [-0.1, -0.05) is 30.3 Å². The van der Waals surface area contributed by atoms with Gasteiger partial charge in [-0.2, -0.15) is 0 Å². The number of carbonyl (C=O) groups excluding carboxylic acids is 1. The summed E-state index contributed by atoms with van der Waals surface area (Å²) in [6, 6.07) is 13.5. The molecule has 0 aliphatic rings. The summed E-state index contributed by atoms with van der Waals surface area (Å²) < 4.78 is 0. The zero-order chi connectivity index (χ0) is 13.0. The summed E-state index contributed by atoms with van der Waals surface area (Å²) in [7, 11) is 0. The van der Waals surface area contributed by atoms with Crippen LogP contribution in [0.3, 0.4) is 0 Å². The van der Waals surface area contributed by atoms with Crippen molar-refractivity contribution < 1.29 is 4.79 Å². The van der Waals surface area contributed by atoms with Crippen molar-refractivity contribution in [3.63, 3.8) is 0 Å². The molecule has 4 heteroatoms. The summed E-state index contributed by atoms with van der Waals surface area (Å²) in [4.78, 5) is 13.7. The summed E-state index contributed by atoms with van der Waals surface area (Å²) >= 11 is 7.72. The fraction of sp³-hybridized carbons (Fsp3) is 0.214. The van der Waals surface area contributed by atoms with Gasteiger partial charge >= 0.3 is 0 Å². The molecule has 94 valence electrons. The molecule has 1 aromatic carbocycles. The maximum atomic E-state index is 11.8. The molecule has 0 spiro atoms. The Morgan fingerprint density at radius 2 is 2.00 bits per heavy atom. The molecule has 2 rings (SSSR count). The molecule has 0 saturated heterocycles. The van der Waals surface area contributed by atoms with Crippen molar-refractivity contribution in [2.75, 3.05) is 6.54 Å². The van der Waals surface area contributed by atoms with Crippen molar-refractivity contribution in [2.45, 2.75) is 12.3 Å². The summed E-state index contributed by atoms with van der Waals surface area (Å²) in [6.07, 6.45) is 0. The highest BCUT2D eigenvalue weighted by Crippen LogP contribution is 2.19. The van der Waals surface area contributed by atoms with Crippen molar-refractivity contribution in [1.29, 1.82) is 0 Å². The van der Waals surface area contributed by atoms with Gasteiger partial charge in [0.05, 0.1) is 10.3 Å². The normalized spacial score (nSPS) is 12.1. The lowest BCUT2D eigenvalue weighted by atomic mass is 10.1. The Morgan fingerprint density at radius 3 is 2.61 bits per heavy atom. The van der Waals surface area contributed by atoms with Gasteiger partial charge in [-0.3, -0.25) is 4.79 Å². The smallest absolute Gasteiger partial charge is 0.261 e. The van der Waals surface area contributed by atoms with E-state index in [1.807, 2.05) is 49.4 Å². The van der Waals surface area contributed by atoms with Gasteiger partial charge in [0.2, 0.25) is 0 Å². The Bertz CT molecular complexity index is 524. The molecule has 2 aromatic rings. The number of carbonyl (C=O) groups is 1. The maximum absolute atomic E-state index is 11.8. The van der Waals surface area contributed by atoms with Crippen LogP contribution in [0.15, 0.2) is 42.5 Å². The van der Waals surface area contributed by atoms with E-state index < -0.39 is 0 Å². The average Bonchev–Trinajstić information content (AvgIpc) is 2.83. The van der Waals surface area contributed by atoms with Crippen molar-refractivity contribution in [3.05, 3.63) is 57.8 Å². The highest BCUT2D eigenvalue weighted by atomic mass is 35.5. The number of hydrogen-bond donors (Lipinski definition) is 1. The van der Waals surface area contributed by atoms with E-state index in [-0.39, 0.29) is 11.3 Å². The van der Waals surface area contributed by atoms with Gasteiger partial charge < -0.3 is 5.32 Å². The minimum atomic E-state index is -0.198. The van der Waals surface area contributed by atoms with E-state index in [0.717, 1.165) is 15.3 Å². The number of benzene rings is 1. The van der Waals surface area contributed by atoms with Gasteiger partial charge in [0.25, 0.3) is 5.91 Å². The molecule has 0 aliphatic heterocycles. The fourth-order valence-electron chi connectivity index (χ4n) is 1.61. The Kier molecular flexibility index (Phi) is 4.39. The van der Waals surface area contributed by atoms with Crippen LogP contribution in [-0.4, -0.2) is 12.5 Å². The third-order valence-electron chi connectivity index (χ3n) is 2.57. The second-order valence-electron chi connectivity index (χ2n) is 4.00. The van der Waals surface area contributed by atoms with Gasteiger partial charge in [0.1, 0.15) is 0 Å². The highest BCUT2D eigenvalue weighted by Gasteiger charge is 2.11. The van der Waals surface area contributed by atoms with Crippen LogP contribution in [0.1, 0.15) is 25.5 Å². The van der Waals surface area contributed by atoms with Gasteiger partial charge in [-0.15, -0.1) is 22.9 Å². The van der Waals surface area contributed by atoms with E-state index in [2.05, 4.69) is 5.32 Å². The number of rotatable bonds is 4. The monoisotopic (exact) mass is 279 g/mol.